The lowest BCUT2D eigenvalue weighted by Crippen LogP contribution is -2.44. The molecule has 0 spiro atoms. The Kier molecular flexibility index (Phi) is 8.27. The van der Waals surface area contributed by atoms with Crippen molar-refractivity contribution in [2.24, 2.45) is 12.8 Å². The highest BCUT2D eigenvalue weighted by molar-refractivity contribution is 7.91. The molecule has 41 heavy (non-hydrogen) atoms. The first kappa shape index (κ1) is 29.8. The van der Waals surface area contributed by atoms with E-state index in [4.69, 9.17) is 22.2 Å². The number of carbonyl (C=O) groups is 1. The van der Waals surface area contributed by atoms with Crippen LogP contribution in [0.2, 0.25) is 0 Å². The van der Waals surface area contributed by atoms with Crippen molar-refractivity contribution in [2.45, 2.75) is 50.7 Å². The van der Waals surface area contributed by atoms with E-state index < -0.39 is 33.4 Å². The Morgan fingerprint density at radius 3 is 2.51 bits per heavy atom. The second-order valence-electron chi connectivity index (χ2n) is 10.5. The topological polar surface area (TPSA) is 194 Å². The van der Waals surface area contributed by atoms with E-state index in [1.54, 1.807) is 4.57 Å². The summed E-state index contributed by atoms with van der Waals surface area (Å²) in [7, 11) is -2.32. The average molecular weight is 585 g/mol. The SMILES string of the molecule is C=CCS(=O)(=O)c1ccc(C(=O)Cn2c(=O)c3c(nc(N4CCCC(N)C4)n3CC=C(C)C)n(C)c2=O)c(N)c1N. The van der Waals surface area contributed by atoms with Crippen LogP contribution in [0.1, 0.15) is 37.0 Å². The first-order chi connectivity index (χ1) is 19.3. The van der Waals surface area contributed by atoms with Gasteiger partial charge in [-0.1, -0.05) is 17.7 Å². The molecule has 13 nitrogen and oxygen atoms in total. The molecule has 3 aromatic rings. The van der Waals surface area contributed by atoms with Crippen LogP contribution in [0.25, 0.3) is 11.2 Å². The fourth-order valence-electron chi connectivity index (χ4n) is 4.98. The summed E-state index contributed by atoms with van der Waals surface area (Å²) < 4.78 is 28.8. The molecule has 0 bridgehead atoms. The van der Waals surface area contributed by atoms with Crippen LogP contribution in [0.3, 0.4) is 0 Å². The molecular weight excluding hydrogens is 548 g/mol. The molecule has 1 unspecified atom stereocenters. The number of aryl methyl sites for hydroxylation is 1. The largest absolute Gasteiger partial charge is 0.396 e. The molecule has 0 radical (unpaired) electrons. The zero-order chi connectivity index (χ0) is 30.2. The number of nitrogens with zero attached hydrogens (tertiary/aromatic N) is 5. The molecule has 2 aromatic heterocycles. The molecule has 1 aliphatic heterocycles. The number of anilines is 3. The first-order valence-corrected chi connectivity index (χ1v) is 14.8. The number of carbonyl (C=O) groups excluding carboxylic acids is 1. The number of sulfone groups is 1. The van der Waals surface area contributed by atoms with Gasteiger partial charge in [0.2, 0.25) is 5.95 Å². The van der Waals surface area contributed by atoms with Crippen molar-refractivity contribution in [3.63, 3.8) is 0 Å². The number of nitrogens with two attached hydrogens (primary N) is 3. The van der Waals surface area contributed by atoms with E-state index in [-0.39, 0.29) is 44.8 Å². The molecule has 0 saturated carbocycles. The molecule has 6 N–H and O–H groups in total. The van der Waals surface area contributed by atoms with E-state index in [0.29, 0.717) is 25.6 Å². The quantitative estimate of drug-likeness (QED) is 0.184. The number of hydrogen-bond donors (Lipinski definition) is 3. The van der Waals surface area contributed by atoms with E-state index in [2.05, 4.69) is 6.58 Å². The highest BCUT2D eigenvalue weighted by atomic mass is 32.2. The lowest BCUT2D eigenvalue weighted by Gasteiger charge is -2.31. The molecule has 3 heterocycles. The molecule has 220 valence electrons. The average Bonchev–Trinajstić information content (AvgIpc) is 3.29. The molecule has 0 amide bonds. The van der Waals surface area contributed by atoms with Gasteiger partial charge in [0.15, 0.2) is 26.8 Å². The van der Waals surface area contributed by atoms with Crippen LogP contribution in [-0.4, -0.2) is 57.8 Å². The molecule has 14 heteroatoms. The maximum Gasteiger partial charge on any atom is 0.332 e. The maximum atomic E-state index is 13.8. The Bertz CT molecular complexity index is 1790. The molecule has 4 rings (SSSR count). The Morgan fingerprint density at radius 1 is 1.17 bits per heavy atom. The van der Waals surface area contributed by atoms with Gasteiger partial charge in [0.25, 0.3) is 5.56 Å². The Balaban J connectivity index is 1.84. The normalized spacial score (nSPS) is 15.7. The van der Waals surface area contributed by atoms with Gasteiger partial charge in [-0.3, -0.25) is 18.7 Å². The van der Waals surface area contributed by atoms with Crippen molar-refractivity contribution in [3.8, 4) is 0 Å². The van der Waals surface area contributed by atoms with Gasteiger partial charge < -0.3 is 26.7 Å². The number of fused-ring (bicyclic) bond motifs is 1. The van der Waals surface area contributed by atoms with Gasteiger partial charge in [0.05, 0.1) is 28.6 Å². The number of allylic oxidation sites excluding steroid dienone is 2. The zero-order valence-electron chi connectivity index (χ0n) is 23.5. The summed E-state index contributed by atoms with van der Waals surface area (Å²) in [6.45, 7) is 8.25. The van der Waals surface area contributed by atoms with Crippen molar-refractivity contribution in [1.29, 1.82) is 0 Å². The summed E-state index contributed by atoms with van der Waals surface area (Å²) >= 11 is 0. The van der Waals surface area contributed by atoms with E-state index in [0.717, 1.165) is 23.0 Å². The van der Waals surface area contributed by atoms with Gasteiger partial charge in [-0.25, -0.2) is 13.2 Å². The number of hydrogen-bond acceptors (Lipinski definition) is 10. The molecule has 1 aliphatic rings. The standard InChI is InChI=1S/C27H36N8O5S/c1-5-13-41(39,40)20-9-8-18(21(29)22(20)30)19(36)15-35-25(37)23-24(32(4)27(35)38)31-26(34(23)12-10-16(2)3)33-11-6-7-17(28)14-33/h5,8-10,17H,1,6-7,11-15,28-30H2,2-4H3. The van der Waals surface area contributed by atoms with E-state index in [1.165, 1.54) is 29.8 Å². The lowest BCUT2D eigenvalue weighted by molar-refractivity contribution is 0.0969. The van der Waals surface area contributed by atoms with Gasteiger partial charge in [0.1, 0.15) is 0 Å². The third kappa shape index (κ3) is 5.57. The van der Waals surface area contributed by atoms with Gasteiger partial charge in [0, 0.05) is 38.3 Å². The van der Waals surface area contributed by atoms with Crippen molar-refractivity contribution >= 4 is 44.1 Å². The third-order valence-corrected chi connectivity index (χ3v) is 8.86. The summed E-state index contributed by atoms with van der Waals surface area (Å²) in [6.07, 6.45) is 4.91. The number of ketones is 1. The van der Waals surface area contributed by atoms with Gasteiger partial charge in [-0.2, -0.15) is 4.98 Å². The summed E-state index contributed by atoms with van der Waals surface area (Å²) in [6, 6.07) is 2.37. The number of piperidine rings is 1. The summed E-state index contributed by atoms with van der Waals surface area (Å²) in [5, 5.41) is 0. The van der Waals surface area contributed by atoms with E-state index >= 15 is 0 Å². The number of aromatic nitrogens is 4. The fourth-order valence-corrected chi connectivity index (χ4v) is 6.19. The van der Waals surface area contributed by atoms with Crippen LogP contribution in [0.15, 0.2) is 50.9 Å². The number of rotatable bonds is 9. The van der Waals surface area contributed by atoms with Crippen LogP contribution >= 0.6 is 0 Å². The Morgan fingerprint density at radius 2 is 1.88 bits per heavy atom. The molecule has 1 atom stereocenters. The third-order valence-electron chi connectivity index (χ3n) is 7.16. The van der Waals surface area contributed by atoms with E-state index in [9.17, 15) is 22.8 Å². The Labute approximate surface area is 237 Å². The smallest absolute Gasteiger partial charge is 0.332 e. The molecule has 1 saturated heterocycles. The highest BCUT2D eigenvalue weighted by Gasteiger charge is 2.27. The zero-order valence-corrected chi connectivity index (χ0v) is 24.3. The second-order valence-corrected chi connectivity index (χ2v) is 12.5. The minimum absolute atomic E-state index is 0.0467. The predicted octanol–water partition coefficient (Wildman–Crippen LogP) is 0.797. The second kappa shape index (κ2) is 11.4. The summed E-state index contributed by atoms with van der Waals surface area (Å²) in [5.74, 6) is -0.517. The van der Waals surface area contributed by atoms with Crippen LogP contribution in [-0.2, 0) is 30.0 Å². The van der Waals surface area contributed by atoms with Gasteiger partial charge in [-0.15, -0.1) is 6.58 Å². The maximum absolute atomic E-state index is 13.8. The minimum atomic E-state index is -3.80. The van der Waals surface area contributed by atoms with Crippen molar-refractivity contribution in [3.05, 3.63) is 62.8 Å². The van der Waals surface area contributed by atoms with Gasteiger partial charge in [-0.05, 0) is 38.8 Å². The number of Topliss-reactive ketones (excluding diaryl/α,β-unsaturated/α-hetero) is 1. The van der Waals surface area contributed by atoms with Gasteiger partial charge >= 0.3 is 5.69 Å². The molecule has 0 aliphatic carbocycles. The van der Waals surface area contributed by atoms with Crippen LogP contribution < -0.4 is 33.3 Å². The van der Waals surface area contributed by atoms with Crippen molar-refractivity contribution in [1.82, 2.24) is 18.7 Å². The van der Waals surface area contributed by atoms with E-state index in [1.807, 2.05) is 24.8 Å². The molecule has 1 aromatic carbocycles. The predicted molar refractivity (Wildman–Crippen MR) is 160 cm³/mol. The number of imidazole rings is 1. The van der Waals surface area contributed by atoms with Crippen LogP contribution in [0.4, 0.5) is 17.3 Å². The van der Waals surface area contributed by atoms with Crippen molar-refractivity contribution < 1.29 is 13.2 Å². The highest BCUT2D eigenvalue weighted by Crippen LogP contribution is 2.29. The minimum Gasteiger partial charge on any atom is -0.396 e. The summed E-state index contributed by atoms with van der Waals surface area (Å²) in [4.78, 5) is 47.0. The lowest BCUT2D eigenvalue weighted by atomic mass is 10.1. The monoisotopic (exact) mass is 584 g/mol. The van der Waals surface area contributed by atoms with Crippen molar-refractivity contribution in [2.75, 3.05) is 35.2 Å². The summed E-state index contributed by atoms with van der Waals surface area (Å²) in [5.41, 5.74) is 17.6. The van der Waals surface area contributed by atoms with Crippen LogP contribution in [0, 0.1) is 0 Å². The number of benzene rings is 1. The van der Waals surface area contributed by atoms with Crippen LogP contribution in [0.5, 0.6) is 0 Å². The first-order valence-electron chi connectivity index (χ1n) is 13.2. The molecule has 1 fully saturated rings. The molecular formula is C27H36N8O5S. The Hall–Kier alpha value is -4.17. The number of nitrogen functional groups attached to an aromatic ring is 2. The fraction of sp³-hybridized carbons (Fsp3) is 0.407.